The molecule has 1 aliphatic heterocycles. The number of hydrogen-bond donors (Lipinski definition) is 0. The van der Waals surface area contributed by atoms with Crippen LogP contribution in [0, 0.1) is 5.21 Å². The molecule has 0 aliphatic carbocycles. The quantitative estimate of drug-likeness (QED) is 0.627. The van der Waals surface area contributed by atoms with E-state index in [1.165, 1.54) is 11.1 Å². The maximum absolute atomic E-state index is 12.7. The highest BCUT2D eigenvalue weighted by Gasteiger charge is 2.36. The van der Waals surface area contributed by atoms with Crippen molar-refractivity contribution >= 4 is 11.6 Å². The van der Waals surface area contributed by atoms with Gasteiger partial charge in [0.15, 0.2) is 6.20 Å². The fourth-order valence-electron chi connectivity index (χ4n) is 2.93. The Morgan fingerprint density at radius 2 is 2.18 bits per heavy atom. The molecule has 1 unspecified atom stereocenters. The summed E-state index contributed by atoms with van der Waals surface area (Å²) < 4.78 is 5.96. The Balaban J connectivity index is 2.34. The number of pyridine rings is 2. The molecule has 1 aliphatic rings. The molecule has 6 heteroatoms. The first-order valence-corrected chi connectivity index (χ1v) is 7.13. The molecule has 0 aromatic carbocycles. The van der Waals surface area contributed by atoms with Gasteiger partial charge < -0.3 is 14.8 Å². The molecule has 2 aromatic heterocycles. The van der Waals surface area contributed by atoms with Crippen LogP contribution in [0.3, 0.4) is 0 Å². The van der Waals surface area contributed by atoms with Crippen LogP contribution in [0.5, 0.6) is 5.88 Å². The summed E-state index contributed by atoms with van der Waals surface area (Å²) in [4.78, 5) is 18.7. The van der Waals surface area contributed by atoms with E-state index in [2.05, 4.69) is 4.98 Å². The molecule has 3 heterocycles. The Morgan fingerprint density at radius 3 is 2.86 bits per heavy atom. The van der Waals surface area contributed by atoms with Gasteiger partial charge in [-0.25, -0.2) is 4.98 Å². The Labute approximate surface area is 128 Å². The maximum Gasteiger partial charge on any atom is 0.264 e. The van der Waals surface area contributed by atoms with Gasteiger partial charge in [-0.05, 0) is 18.6 Å². The minimum Gasteiger partial charge on any atom is -0.618 e. The number of ether oxygens (including phenoxy) is 1. The second-order valence-electron chi connectivity index (χ2n) is 5.22. The molecule has 22 heavy (non-hydrogen) atoms. The molecular weight excluding hydrogens is 282 g/mol. The van der Waals surface area contributed by atoms with Crippen LogP contribution in [0.2, 0.25) is 0 Å². The third-order valence-electron chi connectivity index (χ3n) is 4.05. The van der Waals surface area contributed by atoms with Gasteiger partial charge in [0.2, 0.25) is 11.6 Å². The predicted octanol–water partition coefficient (Wildman–Crippen LogP) is 1.86. The van der Waals surface area contributed by atoms with Gasteiger partial charge in [0.25, 0.3) is 5.91 Å². The lowest BCUT2D eigenvalue weighted by Crippen LogP contribution is -2.36. The Morgan fingerprint density at radius 1 is 1.41 bits per heavy atom. The highest BCUT2D eigenvalue weighted by atomic mass is 16.5. The van der Waals surface area contributed by atoms with Gasteiger partial charge >= 0.3 is 0 Å². The van der Waals surface area contributed by atoms with Crippen LogP contribution >= 0.6 is 0 Å². The average Bonchev–Trinajstić information content (AvgIpc) is 2.63. The first-order valence-electron chi connectivity index (χ1n) is 7.13. The first kappa shape index (κ1) is 14.3. The summed E-state index contributed by atoms with van der Waals surface area (Å²) >= 11 is 0. The van der Waals surface area contributed by atoms with Crippen LogP contribution in [-0.4, -0.2) is 25.0 Å². The first-order chi connectivity index (χ1) is 10.6. The Hall–Kier alpha value is -2.63. The highest BCUT2D eigenvalue weighted by Crippen LogP contribution is 2.38. The fourth-order valence-corrected chi connectivity index (χ4v) is 2.93. The van der Waals surface area contributed by atoms with Crippen molar-refractivity contribution in [2.45, 2.75) is 19.3 Å². The van der Waals surface area contributed by atoms with Crippen LogP contribution in [0.15, 0.2) is 30.5 Å². The summed E-state index contributed by atoms with van der Waals surface area (Å²) in [5, 5.41) is 12.3. The maximum atomic E-state index is 12.7. The number of amides is 1. The Bertz CT molecular complexity index is 745. The molecule has 0 saturated carbocycles. The molecule has 6 nitrogen and oxygen atoms in total. The number of fused-ring (bicyclic) bond motifs is 2. The van der Waals surface area contributed by atoms with Crippen molar-refractivity contribution in [2.75, 3.05) is 19.1 Å². The number of hydrogen-bond acceptors (Lipinski definition) is 4. The highest BCUT2D eigenvalue weighted by molar-refractivity contribution is 6.07. The minimum atomic E-state index is -0.257. The second kappa shape index (κ2) is 5.29. The largest absolute Gasteiger partial charge is 0.618 e. The van der Waals surface area contributed by atoms with Gasteiger partial charge in [-0.1, -0.05) is 6.92 Å². The van der Waals surface area contributed by atoms with Gasteiger partial charge in [0, 0.05) is 19.2 Å². The molecule has 0 bridgehead atoms. The zero-order valence-corrected chi connectivity index (χ0v) is 12.7. The number of carbonyl (C=O) groups excluding carboxylic acids is 1. The third kappa shape index (κ3) is 1.99. The lowest BCUT2D eigenvalue weighted by atomic mass is 9.94. The minimum absolute atomic E-state index is 0.204. The number of aromatic nitrogens is 2. The topological polar surface area (TPSA) is 69.4 Å². The van der Waals surface area contributed by atoms with Gasteiger partial charge in [-0.2, -0.15) is 4.73 Å². The summed E-state index contributed by atoms with van der Waals surface area (Å²) in [5.41, 5.74) is 2.26. The molecule has 1 atom stereocenters. The van der Waals surface area contributed by atoms with Crippen molar-refractivity contribution < 1.29 is 14.3 Å². The molecule has 0 fully saturated rings. The molecule has 3 rings (SSSR count). The van der Waals surface area contributed by atoms with E-state index < -0.39 is 0 Å². The molecule has 2 aromatic rings. The lowest BCUT2D eigenvalue weighted by Gasteiger charge is -2.18. The van der Waals surface area contributed by atoms with E-state index in [0.29, 0.717) is 34.9 Å². The number of nitrogens with zero attached hydrogens (tertiary/aromatic N) is 3. The zero-order valence-electron chi connectivity index (χ0n) is 12.7. The lowest BCUT2D eigenvalue weighted by molar-refractivity contribution is -0.615. The molecule has 1 amide bonds. The van der Waals surface area contributed by atoms with E-state index in [-0.39, 0.29) is 11.8 Å². The zero-order chi connectivity index (χ0) is 15.9. The second-order valence-corrected chi connectivity index (χ2v) is 5.22. The summed E-state index contributed by atoms with van der Waals surface area (Å²) in [7, 11) is 3.24. The third-order valence-corrected chi connectivity index (χ3v) is 4.05. The summed E-state index contributed by atoms with van der Waals surface area (Å²) in [6.45, 7) is 1.97. The van der Waals surface area contributed by atoms with E-state index in [1.54, 1.807) is 32.4 Å². The molecule has 114 valence electrons. The van der Waals surface area contributed by atoms with Crippen LogP contribution in [0.1, 0.15) is 41.0 Å². The summed E-state index contributed by atoms with van der Waals surface area (Å²) in [5.74, 6) is 0.00643. The van der Waals surface area contributed by atoms with Gasteiger partial charge in [0.1, 0.15) is 5.56 Å². The van der Waals surface area contributed by atoms with Crippen molar-refractivity contribution in [1.29, 1.82) is 0 Å². The molecule has 0 saturated heterocycles. The van der Waals surface area contributed by atoms with E-state index in [1.807, 2.05) is 13.0 Å². The summed E-state index contributed by atoms with van der Waals surface area (Å²) in [6, 6.07) is 6.81. The fraction of sp³-hybridized carbons (Fsp3) is 0.312. The monoisotopic (exact) mass is 299 g/mol. The van der Waals surface area contributed by atoms with Crippen LogP contribution in [0.4, 0.5) is 5.69 Å². The van der Waals surface area contributed by atoms with E-state index >= 15 is 0 Å². The van der Waals surface area contributed by atoms with Crippen LogP contribution < -0.4 is 14.4 Å². The van der Waals surface area contributed by atoms with E-state index in [4.69, 9.17) is 4.74 Å². The number of anilines is 1. The van der Waals surface area contributed by atoms with Crippen molar-refractivity contribution in [3.63, 3.8) is 0 Å². The van der Waals surface area contributed by atoms with Crippen LogP contribution in [0.25, 0.3) is 0 Å². The van der Waals surface area contributed by atoms with Crippen LogP contribution in [-0.2, 0) is 0 Å². The predicted molar refractivity (Wildman–Crippen MR) is 81.1 cm³/mol. The van der Waals surface area contributed by atoms with Gasteiger partial charge in [-0.3, -0.25) is 4.79 Å². The number of carbonyl (C=O) groups is 1. The standard InChI is InChI=1S/C16H17N3O3/c1-4-10-14-12(7-8-13(17-14)22-3)18(2)16(20)11-6-5-9-19(21)15(10)11/h5-10H,4H2,1-3H3. The van der Waals surface area contributed by atoms with Gasteiger partial charge in [0.05, 0.1) is 24.4 Å². The van der Waals surface area contributed by atoms with Crippen molar-refractivity contribution in [1.82, 2.24) is 4.98 Å². The molecule has 0 spiro atoms. The summed E-state index contributed by atoms with van der Waals surface area (Å²) in [6.07, 6.45) is 2.08. The molecule has 0 N–H and O–H groups in total. The number of rotatable bonds is 2. The van der Waals surface area contributed by atoms with Crippen molar-refractivity contribution in [3.05, 3.63) is 52.6 Å². The smallest absolute Gasteiger partial charge is 0.264 e. The Kier molecular flexibility index (Phi) is 3.44. The SMILES string of the molecule is CCC1c2nc(OC)ccc2N(C)C(=O)c2ccc[n+]([O-])c21. The average molecular weight is 299 g/mol. The van der Waals surface area contributed by atoms with E-state index in [0.717, 1.165) is 4.73 Å². The molecular formula is C16H17N3O3. The molecule has 0 radical (unpaired) electrons. The van der Waals surface area contributed by atoms with Gasteiger partial charge in [-0.15, -0.1) is 0 Å². The number of methoxy groups -OCH3 is 1. The normalized spacial score (nSPS) is 16.8. The van der Waals surface area contributed by atoms with Crippen molar-refractivity contribution in [2.24, 2.45) is 0 Å². The van der Waals surface area contributed by atoms with E-state index in [9.17, 15) is 10.0 Å². The van der Waals surface area contributed by atoms with Crippen molar-refractivity contribution in [3.8, 4) is 5.88 Å².